The van der Waals surface area contributed by atoms with Crippen molar-refractivity contribution < 1.29 is 4.42 Å². The lowest BCUT2D eigenvalue weighted by Gasteiger charge is -2.26. The minimum atomic E-state index is 0.897. The van der Waals surface area contributed by atoms with Gasteiger partial charge in [-0.3, -0.25) is 0 Å². The van der Waals surface area contributed by atoms with Crippen molar-refractivity contribution >= 4 is 102 Å². The molecule has 0 amide bonds. The van der Waals surface area contributed by atoms with Crippen LogP contribution in [0.2, 0.25) is 0 Å². The van der Waals surface area contributed by atoms with Gasteiger partial charge in [-0.1, -0.05) is 140 Å². The molecule has 0 unspecified atom stereocenters. The number of rotatable bonds is 6. The minimum absolute atomic E-state index is 0.897. The van der Waals surface area contributed by atoms with Crippen LogP contribution in [0.4, 0.5) is 17.1 Å². The van der Waals surface area contributed by atoms with Crippen molar-refractivity contribution in [3.05, 3.63) is 200 Å². The van der Waals surface area contributed by atoms with Crippen LogP contribution >= 0.6 is 22.7 Å². The highest BCUT2D eigenvalue weighted by molar-refractivity contribution is 7.26. The van der Waals surface area contributed by atoms with E-state index >= 15 is 0 Å². The Morgan fingerprint density at radius 2 is 0.948 bits per heavy atom. The van der Waals surface area contributed by atoms with E-state index in [0.29, 0.717) is 0 Å². The Balaban J connectivity index is 0.983. The zero-order valence-electron chi connectivity index (χ0n) is 31.2. The first kappa shape index (κ1) is 33.2. The zero-order valence-corrected chi connectivity index (χ0v) is 32.9. The maximum atomic E-state index is 6.50. The number of furan rings is 1. The van der Waals surface area contributed by atoms with Gasteiger partial charge < -0.3 is 9.32 Å². The Morgan fingerprint density at radius 3 is 1.78 bits per heavy atom. The van der Waals surface area contributed by atoms with Gasteiger partial charge in [-0.25, -0.2) is 0 Å². The van der Waals surface area contributed by atoms with Crippen LogP contribution in [0.5, 0.6) is 0 Å². The molecule has 0 bridgehead atoms. The Hall–Kier alpha value is -6.98. The summed E-state index contributed by atoms with van der Waals surface area (Å²) in [4.78, 5) is 2.41. The summed E-state index contributed by atoms with van der Waals surface area (Å²) < 4.78 is 11.7. The second kappa shape index (κ2) is 13.3. The molecule has 272 valence electrons. The predicted molar refractivity (Wildman–Crippen MR) is 250 cm³/mol. The second-order valence-corrected chi connectivity index (χ2v) is 17.0. The molecule has 3 heterocycles. The number of hydrogen-bond acceptors (Lipinski definition) is 4. The summed E-state index contributed by atoms with van der Waals surface area (Å²) in [6.07, 6.45) is 0. The summed E-state index contributed by atoms with van der Waals surface area (Å²) in [7, 11) is 0. The molecule has 4 heteroatoms. The van der Waals surface area contributed by atoms with Crippen molar-refractivity contribution in [3.63, 3.8) is 0 Å². The number of para-hydroxylation sites is 1. The van der Waals surface area contributed by atoms with Gasteiger partial charge in [-0.05, 0) is 88.5 Å². The molecule has 3 aromatic heterocycles. The molecule has 0 atom stereocenters. The van der Waals surface area contributed by atoms with E-state index in [1.165, 1.54) is 51.5 Å². The monoisotopic (exact) mass is 775 g/mol. The van der Waals surface area contributed by atoms with Crippen LogP contribution in [0.1, 0.15) is 0 Å². The maximum absolute atomic E-state index is 6.50. The van der Waals surface area contributed by atoms with Crippen LogP contribution in [-0.4, -0.2) is 0 Å². The van der Waals surface area contributed by atoms with E-state index < -0.39 is 0 Å². The normalized spacial score (nSPS) is 11.8. The number of benzene rings is 9. The van der Waals surface area contributed by atoms with Gasteiger partial charge in [-0.2, -0.15) is 0 Å². The van der Waals surface area contributed by atoms with Crippen LogP contribution in [0.3, 0.4) is 0 Å². The predicted octanol–water partition coefficient (Wildman–Crippen LogP) is 16.8. The van der Waals surface area contributed by atoms with Gasteiger partial charge in [0.1, 0.15) is 11.2 Å². The van der Waals surface area contributed by atoms with Gasteiger partial charge in [0.2, 0.25) is 0 Å². The first-order valence-electron chi connectivity index (χ1n) is 19.6. The smallest absolute Gasteiger partial charge is 0.143 e. The van der Waals surface area contributed by atoms with Gasteiger partial charge in [0.25, 0.3) is 0 Å². The quantitative estimate of drug-likeness (QED) is 0.167. The molecule has 0 aliphatic carbocycles. The third-order valence-electron chi connectivity index (χ3n) is 11.5. The van der Waals surface area contributed by atoms with E-state index in [1.54, 1.807) is 0 Å². The van der Waals surface area contributed by atoms with Gasteiger partial charge >= 0.3 is 0 Å². The molecular weight excluding hydrogens is 743 g/mol. The summed E-state index contributed by atoms with van der Waals surface area (Å²) in [6.45, 7) is 0. The lowest BCUT2D eigenvalue weighted by molar-refractivity contribution is 0.670. The number of nitrogens with zero attached hydrogens (tertiary/aromatic N) is 1. The molecule has 0 spiro atoms. The summed E-state index contributed by atoms with van der Waals surface area (Å²) in [5.41, 5.74) is 12.3. The molecule has 0 aliphatic rings. The molecular formula is C54H33NOS2. The topological polar surface area (TPSA) is 16.4 Å². The number of anilines is 3. The van der Waals surface area contributed by atoms with Crippen molar-refractivity contribution in [2.45, 2.75) is 0 Å². The van der Waals surface area contributed by atoms with Gasteiger partial charge in [0, 0.05) is 73.7 Å². The first-order chi connectivity index (χ1) is 28.7. The Bertz CT molecular complexity index is 3500. The van der Waals surface area contributed by atoms with E-state index in [1.807, 2.05) is 22.7 Å². The molecule has 0 aliphatic heterocycles. The Labute approximate surface area is 343 Å². The molecule has 58 heavy (non-hydrogen) atoms. The fourth-order valence-corrected chi connectivity index (χ4v) is 11.1. The maximum Gasteiger partial charge on any atom is 0.143 e. The molecule has 0 fully saturated rings. The van der Waals surface area contributed by atoms with E-state index in [0.717, 1.165) is 61.3 Å². The SMILES string of the molecule is c1ccc(-c2cccc3c2oc2ccc(-c4ccc(N(c5ccc6c(c5)sc5c(-c7ccccc7)cccc56)c5ccc6sc7ccccc7c6c5)cc4)cc23)cc1. The molecule has 0 saturated carbocycles. The minimum Gasteiger partial charge on any atom is -0.455 e. The van der Waals surface area contributed by atoms with E-state index in [9.17, 15) is 0 Å². The first-order valence-corrected chi connectivity index (χ1v) is 21.2. The molecule has 0 saturated heterocycles. The Morgan fingerprint density at radius 1 is 0.328 bits per heavy atom. The fraction of sp³-hybridized carbons (Fsp3) is 0. The molecule has 2 nitrogen and oxygen atoms in total. The van der Waals surface area contributed by atoms with Crippen molar-refractivity contribution in [2.75, 3.05) is 4.90 Å². The van der Waals surface area contributed by atoms with Gasteiger partial charge in [0.05, 0.1) is 0 Å². The summed E-state index contributed by atoms with van der Waals surface area (Å²) in [5.74, 6) is 0. The standard InChI is InChI=1S/C54H33NOS2/c1-3-11-35(12-4-1)41-16-9-18-45-47-31-37(23-29-49(47)56-53(41)45)34-21-24-38(25-22-34)55(39-27-30-51-48(32-39)43-15-7-8-20-50(43)57-51)40-26-28-44-46-19-10-17-42(36-13-5-2-6-14-36)54(46)58-52(44)33-40/h1-33H. The largest absolute Gasteiger partial charge is 0.455 e. The van der Waals surface area contributed by atoms with Gasteiger partial charge in [0.15, 0.2) is 0 Å². The van der Waals surface area contributed by atoms with Crippen LogP contribution in [0.15, 0.2) is 205 Å². The summed E-state index contributed by atoms with van der Waals surface area (Å²) in [5, 5.41) is 7.42. The number of hydrogen-bond donors (Lipinski definition) is 0. The third-order valence-corrected chi connectivity index (χ3v) is 13.8. The molecule has 9 aromatic carbocycles. The lowest BCUT2D eigenvalue weighted by atomic mass is 10.00. The van der Waals surface area contributed by atoms with Crippen LogP contribution in [-0.2, 0) is 0 Å². The number of thiophene rings is 2. The van der Waals surface area contributed by atoms with Crippen molar-refractivity contribution in [2.24, 2.45) is 0 Å². The molecule has 0 radical (unpaired) electrons. The van der Waals surface area contributed by atoms with Crippen molar-refractivity contribution in [1.82, 2.24) is 0 Å². The highest BCUT2D eigenvalue weighted by Crippen LogP contribution is 2.45. The fourth-order valence-electron chi connectivity index (χ4n) is 8.70. The van der Waals surface area contributed by atoms with E-state index in [2.05, 4.69) is 205 Å². The zero-order chi connectivity index (χ0) is 38.2. The molecule has 12 rings (SSSR count). The van der Waals surface area contributed by atoms with Crippen molar-refractivity contribution in [3.8, 4) is 33.4 Å². The molecule has 0 N–H and O–H groups in total. The van der Waals surface area contributed by atoms with Crippen LogP contribution in [0.25, 0.3) is 95.7 Å². The van der Waals surface area contributed by atoms with Gasteiger partial charge in [-0.15, -0.1) is 22.7 Å². The average molecular weight is 776 g/mol. The number of fused-ring (bicyclic) bond motifs is 9. The average Bonchev–Trinajstić information content (AvgIpc) is 3.98. The third kappa shape index (κ3) is 5.37. The van der Waals surface area contributed by atoms with Crippen LogP contribution < -0.4 is 4.90 Å². The highest BCUT2D eigenvalue weighted by Gasteiger charge is 2.19. The van der Waals surface area contributed by atoms with E-state index in [4.69, 9.17) is 4.42 Å². The summed E-state index contributed by atoms with van der Waals surface area (Å²) in [6, 6.07) is 72.6. The van der Waals surface area contributed by atoms with Crippen LogP contribution in [0, 0.1) is 0 Å². The lowest BCUT2D eigenvalue weighted by Crippen LogP contribution is -2.09. The molecule has 12 aromatic rings. The van der Waals surface area contributed by atoms with Crippen molar-refractivity contribution in [1.29, 1.82) is 0 Å². The second-order valence-electron chi connectivity index (χ2n) is 14.9. The highest BCUT2D eigenvalue weighted by atomic mass is 32.1. The Kier molecular flexibility index (Phi) is 7.62. The summed E-state index contributed by atoms with van der Waals surface area (Å²) >= 11 is 3.73. The van der Waals surface area contributed by atoms with E-state index in [-0.39, 0.29) is 0 Å².